The van der Waals surface area contributed by atoms with Gasteiger partial charge in [0.05, 0.1) is 5.52 Å². The molecular weight excluding hydrogens is 452 g/mol. The summed E-state index contributed by atoms with van der Waals surface area (Å²) in [5.41, 5.74) is 8.07. The van der Waals surface area contributed by atoms with Gasteiger partial charge in [-0.1, -0.05) is 64.2 Å². The molecule has 1 aromatic carbocycles. The van der Waals surface area contributed by atoms with Crippen LogP contribution in [-0.4, -0.2) is 23.1 Å². The minimum Gasteiger partial charge on any atom is -0.359 e. The standard InChI is InChI=1S/C31H49F2N3/c1-31(34)17-9-5-4-7-11-24(15-18-31)23-10-6-2-3-8-12-27(14-13-23)35-19-16-25-22-36-30-28(25)20-26(32)21-29(30)33/h20-24,27,35-36H,2-19,34H2,1H3. The molecule has 0 aliphatic heterocycles. The maximum atomic E-state index is 14.1. The predicted octanol–water partition coefficient (Wildman–Crippen LogP) is 8.17. The van der Waals surface area contributed by atoms with E-state index in [2.05, 4.69) is 17.2 Å². The number of aromatic nitrogens is 1. The van der Waals surface area contributed by atoms with Crippen LogP contribution >= 0.6 is 0 Å². The summed E-state index contributed by atoms with van der Waals surface area (Å²) in [5, 5.41) is 4.50. The van der Waals surface area contributed by atoms with E-state index in [9.17, 15) is 8.78 Å². The Morgan fingerprint density at radius 1 is 0.861 bits per heavy atom. The smallest absolute Gasteiger partial charge is 0.150 e. The Balaban J connectivity index is 1.34. The quantitative estimate of drug-likeness (QED) is 0.387. The number of hydrogen-bond donors (Lipinski definition) is 3. The number of hydrogen-bond acceptors (Lipinski definition) is 2. The lowest BCUT2D eigenvalue weighted by molar-refractivity contribution is 0.204. The number of rotatable bonds is 5. The fourth-order valence-electron chi connectivity index (χ4n) is 6.90. The Bertz CT molecular complexity index is 937. The summed E-state index contributed by atoms with van der Waals surface area (Å²) >= 11 is 0. The topological polar surface area (TPSA) is 53.8 Å². The molecule has 2 saturated carbocycles. The summed E-state index contributed by atoms with van der Waals surface area (Å²) in [6.07, 6.45) is 23.5. The molecule has 5 heteroatoms. The molecule has 0 spiro atoms. The molecule has 0 amide bonds. The van der Waals surface area contributed by atoms with Gasteiger partial charge in [-0.05, 0) is 81.9 Å². The molecule has 4 rings (SSSR count). The Hall–Kier alpha value is -1.46. The van der Waals surface area contributed by atoms with Crippen LogP contribution in [0.4, 0.5) is 8.78 Å². The summed E-state index contributed by atoms with van der Waals surface area (Å²) in [4.78, 5) is 2.99. The largest absolute Gasteiger partial charge is 0.359 e. The lowest BCUT2D eigenvalue weighted by Gasteiger charge is -2.34. The average Bonchev–Trinajstić information content (AvgIpc) is 3.25. The number of aromatic amines is 1. The van der Waals surface area contributed by atoms with Gasteiger partial charge in [-0.3, -0.25) is 0 Å². The van der Waals surface area contributed by atoms with Crippen molar-refractivity contribution in [2.24, 2.45) is 17.6 Å². The van der Waals surface area contributed by atoms with Crippen molar-refractivity contribution in [3.8, 4) is 0 Å². The molecule has 202 valence electrons. The monoisotopic (exact) mass is 501 g/mol. The van der Waals surface area contributed by atoms with Crippen LogP contribution in [0.25, 0.3) is 10.9 Å². The number of nitrogens with one attached hydrogen (secondary N) is 2. The van der Waals surface area contributed by atoms with Gasteiger partial charge in [0, 0.05) is 29.2 Å². The van der Waals surface area contributed by atoms with Crippen LogP contribution in [0.2, 0.25) is 0 Å². The van der Waals surface area contributed by atoms with Crippen LogP contribution in [0, 0.1) is 23.5 Å². The molecule has 1 aromatic heterocycles. The molecule has 2 aliphatic carbocycles. The number of H-pyrrole nitrogens is 1. The molecule has 3 nitrogen and oxygen atoms in total. The molecule has 2 fully saturated rings. The van der Waals surface area contributed by atoms with E-state index < -0.39 is 11.6 Å². The van der Waals surface area contributed by atoms with E-state index in [0.29, 0.717) is 16.9 Å². The van der Waals surface area contributed by atoms with E-state index in [4.69, 9.17) is 5.73 Å². The van der Waals surface area contributed by atoms with Gasteiger partial charge in [0.15, 0.2) is 0 Å². The van der Waals surface area contributed by atoms with E-state index in [0.717, 1.165) is 36.4 Å². The van der Waals surface area contributed by atoms with Gasteiger partial charge in [0.1, 0.15) is 11.6 Å². The van der Waals surface area contributed by atoms with Gasteiger partial charge in [-0.15, -0.1) is 0 Å². The Kier molecular flexibility index (Phi) is 10.2. The van der Waals surface area contributed by atoms with Crippen LogP contribution in [0.15, 0.2) is 18.3 Å². The number of benzene rings is 1. The third-order valence-electron chi connectivity index (χ3n) is 9.21. The Morgan fingerprint density at radius 2 is 1.56 bits per heavy atom. The summed E-state index contributed by atoms with van der Waals surface area (Å²) in [6, 6.07) is 2.93. The predicted molar refractivity (Wildman–Crippen MR) is 147 cm³/mol. The number of halogens is 2. The van der Waals surface area contributed by atoms with E-state index in [1.807, 2.05) is 6.20 Å². The van der Waals surface area contributed by atoms with Crippen molar-refractivity contribution in [1.29, 1.82) is 0 Å². The normalized spacial score (nSPS) is 29.7. The minimum absolute atomic E-state index is 0.00387. The molecule has 0 saturated heterocycles. The van der Waals surface area contributed by atoms with Crippen molar-refractivity contribution in [3.63, 3.8) is 0 Å². The van der Waals surface area contributed by atoms with Crippen LogP contribution in [0.1, 0.15) is 115 Å². The van der Waals surface area contributed by atoms with Crippen molar-refractivity contribution in [3.05, 3.63) is 35.5 Å². The van der Waals surface area contributed by atoms with Crippen molar-refractivity contribution < 1.29 is 8.78 Å². The first-order valence-corrected chi connectivity index (χ1v) is 14.9. The van der Waals surface area contributed by atoms with Crippen molar-refractivity contribution in [2.75, 3.05) is 6.54 Å². The zero-order chi connectivity index (χ0) is 25.4. The van der Waals surface area contributed by atoms with Gasteiger partial charge < -0.3 is 16.0 Å². The Morgan fingerprint density at radius 3 is 2.33 bits per heavy atom. The molecular formula is C31H49F2N3. The van der Waals surface area contributed by atoms with E-state index in [1.165, 1.54) is 109 Å². The second kappa shape index (κ2) is 13.4. The van der Waals surface area contributed by atoms with Gasteiger partial charge in [0.2, 0.25) is 0 Å². The van der Waals surface area contributed by atoms with Crippen molar-refractivity contribution in [2.45, 2.75) is 128 Å². The summed E-state index contributed by atoms with van der Waals surface area (Å²) in [7, 11) is 0. The van der Waals surface area contributed by atoms with Crippen LogP contribution in [-0.2, 0) is 6.42 Å². The highest BCUT2D eigenvalue weighted by atomic mass is 19.1. The zero-order valence-corrected chi connectivity index (χ0v) is 22.5. The Labute approximate surface area is 217 Å². The second-order valence-corrected chi connectivity index (χ2v) is 12.3. The van der Waals surface area contributed by atoms with Gasteiger partial charge >= 0.3 is 0 Å². The molecule has 4 atom stereocenters. The summed E-state index contributed by atoms with van der Waals surface area (Å²) < 4.78 is 27.8. The third kappa shape index (κ3) is 8.02. The van der Waals surface area contributed by atoms with Crippen LogP contribution in [0.5, 0.6) is 0 Å². The van der Waals surface area contributed by atoms with E-state index in [1.54, 1.807) is 0 Å². The minimum atomic E-state index is -0.516. The van der Waals surface area contributed by atoms with E-state index >= 15 is 0 Å². The lowest BCUT2D eigenvalue weighted by Crippen LogP contribution is -2.37. The maximum absolute atomic E-state index is 14.1. The molecule has 1 heterocycles. The first-order valence-electron chi connectivity index (χ1n) is 14.9. The molecule has 4 unspecified atom stereocenters. The molecule has 2 aromatic rings. The number of fused-ring (bicyclic) bond motifs is 1. The van der Waals surface area contributed by atoms with E-state index in [-0.39, 0.29) is 5.54 Å². The van der Waals surface area contributed by atoms with Crippen molar-refractivity contribution >= 4 is 10.9 Å². The third-order valence-corrected chi connectivity index (χ3v) is 9.21. The zero-order valence-electron chi connectivity index (χ0n) is 22.5. The summed E-state index contributed by atoms with van der Waals surface area (Å²) in [6.45, 7) is 3.12. The highest BCUT2D eigenvalue weighted by Gasteiger charge is 2.27. The average molecular weight is 502 g/mol. The van der Waals surface area contributed by atoms with Crippen molar-refractivity contribution in [1.82, 2.24) is 10.3 Å². The number of nitrogens with two attached hydrogens (primary N) is 1. The first-order chi connectivity index (χ1) is 17.4. The van der Waals surface area contributed by atoms with Gasteiger partial charge in [-0.2, -0.15) is 0 Å². The van der Waals surface area contributed by atoms with Gasteiger partial charge in [-0.25, -0.2) is 8.78 Å². The highest BCUT2D eigenvalue weighted by molar-refractivity contribution is 5.83. The SMILES string of the molecule is CC1(N)CCCCCCC(C2CCCCCCC(NCCc3c[nH]c4c(F)cc(F)cc34)CC2)CC1. The molecule has 0 radical (unpaired) electrons. The molecule has 36 heavy (non-hydrogen) atoms. The second-order valence-electron chi connectivity index (χ2n) is 12.3. The summed E-state index contributed by atoms with van der Waals surface area (Å²) in [5.74, 6) is 0.616. The van der Waals surface area contributed by atoms with Gasteiger partial charge in [0.25, 0.3) is 0 Å². The lowest BCUT2D eigenvalue weighted by atomic mass is 9.74. The van der Waals surface area contributed by atoms with Crippen LogP contribution in [0.3, 0.4) is 0 Å². The maximum Gasteiger partial charge on any atom is 0.150 e. The highest BCUT2D eigenvalue weighted by Crippen LogP contribution is 2.36. The fraction of sp³-hybridized carbons (Fsp3) is 0.742. The first kappa shape index (κ1) is 27.6. The molecule has 0 bridgehead atoms. The fourth-order valence-corrected chi connectivity index (χ4v) is 6.90. The van der Waals surface area contributed by atoms with Crippen LogP contribution < -0.4 is 11.1 Å². The molecule has 4 N–H and O–H groups in total. The molecule has 2 aliphatic rings.